The Morgan fingerprint density at radius 2 is 1.87 bits per heavy atom. The van der Waals surface area contributed by atoms with E-state index in [-0.39, 0.29) is 18.2 Å². The smallest absolute Gasteiger partial charge is 0.412 e. The third kappa shape index (κ3) is 9.06. The van der Waals surface area contributed by atoms with Gasteiger partial charge in [0.05, 0.1) is 25.4 Å². The van der Waals surface area contributed by atoms with Crippen LogP contribution in [0, 0.1) is 0 Å². The second kappa shape index (κ2) is 12.3. The first-order chi connectivity index (χ1) is 14.0. The summed E-state index contributed by atoms with van der Waals surface area (Å²) in [6, 6.07) is -0.178. The molecule has 176 valence electrons. The lowest BCUT2D eigenvalue weighted by atomic mass is 10.1. The van der Waals surface area contributed by atoms with E-state index in [1.807, 2.05) is 41.5 Å². The van der Waals surface area contributed by atoms with Crippen LogP contribution in [-0.2, 0) is 18.9 Å². The molecule has 1 saturated heterocycles. The number of unbranched alkanes of at least 4 members (excludes halogenated alkanes) is 1. The fraction of sp³-hybridized carbons (Fsp3) is 0.905. The van der Waals surface area contributed by atoms with E-state index >= 15 is 0 Å². The SMILES string of the molecule is CN=C(NCCCCOCCOC)NCC1C(C)OC(C)(C)N1C(=O)OC(C)(C)C. The van der Waals surface area contributed by atoms with Gasteiger partial charge in [0, 0.05) is 33.9 Å². The van der Waals surface area contributed by atoms with Crippen molar-refractivity contribution in [3.8, 4) is 0 Å². The van der Waals surface area contributed by atoms with Crippen LogP contribution in [0.3, 0.4) is 0 Å². The molecular weight excluding hydrogens is 388 g/mol. The van der Waals surface area contributed by atoms with Gasteiger partial charge >= 0.3 is 6.09 Å². The van der Waals surface area contributed by atoms with Crippen LogP contribution in [-0.4, -0.2) is 87.5 Å². The molecule has 1 heterocycles. The molecule has 0 aliphatic carbocycles. The summed E-state index contributed by atoms with van der Waals surface area (Å²) in [6.45, 7) is 14.6. The number of hydrogen-bond acceptors (Lipinski definition) is 6. The zero-order valence-corrected chi connectivity index (χ0v) is 20.0. The Balaban J connectivity index is 2.51. The van der Waals surface area contributed by atoms with Crippen molar-refractivity contribution in [2.24, 2.45) is 4.99 Å². The van der Waals surface area contributed by atoms with Gasteiger partial charge in [0.1, 0.15) is 11.3 Å². The standard InChI is InChI=1S/C21H42N4O5/c1-16-17(25(21(5,6)29-16)19(26)30-20(2,3)4)15-24-18(22-7)23-11-9-10-12-28-14-13-27-8/h16-17H,9-15H2,1-8H3,(H2,22,23,24). The number of nitrogens with zero attached hydrogens (tertiary/aromatic N) is 2. The molecule has 0 radical (unpaired) electrons. The number of hydrogen-bond donors (Lipinski definition) is 2. The lowest BCUT2D eigenvalue weighted by molar-refractivity contribution is -0.0755. The summed E-state index contributed by atoms with van der Waals surface area (Å²) in [6.07, 6.45) is 1.41. The zero-order chi connectivity index (χ0) is 22.8. The molecule has 9 nitrogen and oxygen atoms in total. The van der Waals surface area contributed by atoms with E-state index in [1.165, 1.54) is 0 Å². The third-order valence-corrected chi connectivity index (χ3v) is 4.66. The highest BCUT2D eigenvalue weighted by Gasteiger charge is 2.49. The van der Waals surface area contributed by atoms with Gasteiger partial charge in [-0.25, -0.2) is 4.79 Å². The van der Waals surface area contributed by atoms with E-state index in [9.17, 15) is 4.79 Å². The summed E-state index contributed by atoms with van der Waals surface area (Å²) >= 11 is 0. The molecule has 0 saturated carbocycles. The number of methoxy groups -OCH3 is 1. The molecule has 0 aromatic carbocycles. The van der Waals surface area contributed by atoms with Crippen LogP contribution in [0.5, 0.6) is 0 Å². The van der Waals surface area contributed by atoms with E-state index in [0.29, 0.717) is 32.3 Å². The molecule has 0 spiro atoms. The highest BCUT2D eigenvalue weighted by molar-refractivity contribution is 5.79. The maximum absolute atomic E-state index is 12.8. The van der Waals surface area contributed by atoms with Crippen molar-refractivity contribution in [2.45, 2.75) is 77.9 Å². The minimum atomic E-state index is -0.742. The zero-order valence-electron chi connectivity index (χ0n) is 20.0. The van der Waals surface area contributed by atoms with Crippen LogP contribution in [0.4, 0.5) is 4.79 Å². The van der Waals surface area contributed by atoms with Gasteiger partial charge in [-0.15, -0.1) is 0 Å². The van der Waals surface area contributed by atoms with E-state index in [1.54, 1.807) is 19.1 Å². The molecule has 0 aromatic rings. The van der Waals surface area contributed by atoms with Crippen molar-refractivity contribution < 1.29 is 23.7 Å². The Hall–Kier alpha value is -1.58. The van der Waals surface area contributed by atoms with Crippen LogP contribution >= 0.6 is 0 Å². The maximum atomic E-state index is 12.8. The predicted molar refractivity (Wildman–Crippen MR) is 118 cm³/mol. The molecule has 1 fully saturated rings. The summed E-state index contributed by atoms with van der Waals surface area (Å²) in [5.41, 5.74) is -1.31. The number of rotatable bonds is 10. The molecule has 1 rings (SSSR count). The van der Waals surface area contributed by atoms with Gasteiger partial charge in [0.25, 0.3) is 0 Å². The quantitative estimate of drug-likeness (QED) is 0.312. The van der Waals surface area contributed by atoms with Crippen LogP contribution in [0.15, 0.2) is 4.99 Å². The van der Waals surface area contributed by atoms with Crippen molar-refractivity contribution in [1.82, 2.24) is 15.5 Å². The molecule has 2 unspecified atom stereocenters. The van der Waals surface area contributed by atoms with Crippen LogP contribution in [0.1, 0.15) is 54.4 Å². The molecule has 0 aromatic heterocycles. The van der Waals surface area contributed by atoms with Crippen molar-refractivity contribution in [3.63, 3.8) is 0 Å². The van der Waals surface area contributed by atoms with E-state index < -0.39 is 11.3 Å². The highest BCUT2D eigenvalue weighted by atomic mass is 16.6. The van der Waals surface area contributed by atoms with E-state index in [4.69, 9.17) is 18.9 Å². The van der Waals surface area contributed by atoms with Crippen molar-refractivity contribution in [2.75, 3.05) is 47.1 Å². The van der Waals surface area contributed by atoms with Crippen molar-refractivity contribution >= 4 is 12.1 Å². The first-order valence-electron chi connectivity index (χ1n) is 10.7. The van der Waals surface area contributed by atoms with Gasteiger partial charge in [-0.3, -0.25) is 9.89 Å². The molecule has 9 heteroatoms. The largest absolute Gasteiger partial charge is 0.444 e. The second-order valence-electron chi connectivity index (χ2n) is 8.88. The van der Waals surface area contributed by atoms with Gasteiger partial charge in [-0.05, 0) is 54.4 Å². The Labute approximate surface area is 181 Å². The third-order valence-electron chi connectivity index (χ3n) is 4.66. The number of aliphatic imine (C=N–C) groups is 1. The maximum Gasteiger partial charge on any atom is 0.412 e. The normalized spacial score (nSPS) is 21.6. The van der Waals surface area contributed by atoms with Gasteiger partial charge in [-0.2, -0.15) is 0 Å². The minimum Gasteiger partial charge on any atom is -0.444 e. The topological polar surface area (TPSA) is 93.7 Å². The fourth-order valence-corrected chi connectivity index (χ4v) is 3.33. The Morgan fingerprint density at radius 1 is 1.17 bits per heavy atom. The molecule has 30 heavy (non-hydrogen) atoms. The van der Waals surface area contributed by atoms with E-state index in [2.05, 4.69) is 15.6 Å². The lowest BCUT2D eigenvalue weighted by Crippen LogP contribution is -2.54. The van der Waals surface area contributed by atoms with Gasteiger partial charge < -0.3 is 29.6 Å². The first-order valence-corrected chi connectivity index (χ1v) is 10.7. The van der Waals surface area contributed by atoms with E-state index in [0.717, 1.165) is 19.4 Å². The lowest BCUT2D eigenvalue weighted by Gasteiger charge is -2.35. The van der Waals surface area contributed by atoms with Gasteiger partial charge in [0.2, 0.25) is 0 Å². The first kappa shape index (κ1) is 26.5. The average molecular weight is 431 g/mol. The highest BCUT2D eigenvalue weighted by Crippen LogP contribution is 2.33. The van der Waals surface area contributed by atoms with Crippen LogP contribution < -0.4 is 10.6 Å². The number of nitrogens with one attached hydrogen (secondary N) is 2. The van der Waals surface area contributed by atoms with Gasteiger partial charge in [0.15, 0.2) is 5.96 Å². The Bertz CT molecular complexity index is 548. The Morgan fingerprint density at radius 3 is 2.47 bits per heavy atom. The summed E-state index contributed by atoms with van der Waals surface area (Å²) in [5, 5.41) is 6.60. The minimum absolute atomic E-state index is 0.137. The monoisotopic (exact) mass is 430 g/mol. The number of amides is 1. The van der Waals surface area contributed by atoms with Gasteiger partial charge in [-0.1, -0.05) is 0 Å². The van der Waals surface area contributed by atoms with Crippen LogP contribution in [0.25, 0.3) is 0 Å². The number of carbonyl (C=O) groups is 1. The number of guanidine groups is 1. The summed E-state index contributed by atoms with van der Waals surface area (Å²) in [5.74, 6) is 0.691. The second-order valence-corrected chi connectivity index (χ2v) is 8.88. The number of carbonyl (C=O) groups excluding carboxylic acids is 1. The number of ether oxygens (including phenoxy) is 4. The molecule has 1 amide bonds. The average Bonchev–Trinajstić information content (AvgIpc) is 2.86. The molecular formula is C21H42N4O5. The van der Waals surface area contributed by atoms with Crippen LogP contribution in [0.2, 0.25) is 0 Å². The predicted octanol–water partition coefficient (Wildman–Crippen LogP) is 2.36. The molecule has 2 atom stereocenters. The molecule has 0 bridgehead atoms. The van der Waals surface area contributed by atoms with Crippen molar-refractivity contribution in [3.05, 3.63) is 0 Å². The summed E-state index contributed by atoms with van der Waals surface area (Å²) in [4.78, 5) is 18.8. The fourth-order valence-electron chi connectivity index (χ4n) is 3.33. The summed E-state index contributed by atoms with van der Waals surface area (Å²) < 4.78 is 22.0. The Kier molecular flexibility index (Phi) is 10.9. The molecule has 1 aliphatic rings. The molecule has 1 aliphatic heterocycles. The van der Waals surface area contributed by atoms with Crippen molar-refractivity contribution in [1.29, 1.82) is 0 Å². The summed E-state index contributed by atoms with van der Waals surface area (Å²) in [7, 11) is 3.39. The molecule has 2 N–H and O–H groups in total.